The van der Waals surface area contributed by atoms with E-state index in [-0.39, 0.29) is 5.91 Å². The molecule has 0 spiro atoms. The Morgan fingerprint density at radius 2 is 1.95 bits per heavy atom. The number of thioether (sulfide) groups is 1. The smallest absolute Gasteiger partial charge is 0.283 e. The van der Waals surface area contributed by atoms with Gasteiger partial charge in [0.25, 0.3) is 5.91 Å². The SMILES string of the molecule is CC(C)c1ccc(SCc2cccc(C(=O)NN)n2)cc1. The highest BCUT2D eigenvalue weighted by molar-refractivity contribution is 7.98. The number of nitrogen functional groups attached to an aromatic ring is 1. The second-order valence-corrected chi connectivity index (χ2v) is 6.05. The van der Waals surface area contributed by atoms with Gasteiger partial charge in [0.1, 0.15) is 5.69 Å². The number of hydrogen-bond acceptors (Lipinski definition) is 4. The fourth-order valence-electron chi connectivity index (χ4n) is 1.87. The van der Waals surface area contributed by atoms with Gasteiger partial charge in [0.15, 0.2) is 0 Å². The summed E-state index contributed by atoms with van der Waals surface area (Å²) in [5, 5.41) is 0. The monoisotopic (exact) mass is 301 g/mol. The van der Waals surface area contributed by atoms with Gasteiger partial charge in [-0.1, -0.05) is 32.0 Å². The molecule has 21 heavy (non-hydrogen) atoms. The van der Waals surface area contributed by atoms with Gasteiger partial charge in [-0.15, -0.1) is 11.8 Å². The van der Waals surface area contributed by atoms with Crippen LogP contribution in [0.3, 0.4) is 0 Å². The van der Waals surface area contributed by atoms with Gasteiger partial charge in [-0.25, -0.2) is 10.8 Å². The number of amides is 1. The van der Waals surface area contributed by atoms with E-state index in [2.05, 4.69) is 48.5 Å². The summed E-state index contributed by atoms with van der Waals surface area (Å²) in [5.41, 5.74) is 4.62. The summed E-state index contributed by atoms with van der Waals surface area (Å²) in [6.45, 7) is 4.36. The third-order valence-electron chi connectivity index (χ3n) is 3.10. The van der Waals surface area contributed by atoms with E-state index in [1.807, 2.05) is 12.1 Å². The van der Waals surface area contributed by atoms with Crippen LogP contribution in [0, 0.1) is 0 Å². The van der Waals surface area contributed by atoms with Crippen LogP contribution in [-0.4, -0.2) is 10.9 Å². The van der Waals surface area contributed by atoms with Crippen molar-refractivity contribution < 1.29 is 4.79 Å². The number of hydrogen-bond donors (Lipinski definition) is 2. The lowest BCUT2D eigenvalue weighted by Crippen LogP contribution is -2.30. The number of benzene rings is 1. The van der Waals surface area contributed by atoms with Crippen LogP contribution in [0.15, 0.2) is 47.4 Å². The highest BCUT2D eigenvalue weighted by Crippen LogP contribution is 2.24. The van der Waals surface area contributed by atoms with Gasteiger partial charge in [-0.05, 0) is 35.7 Å². The first-order valence-electron chi connectivity index (χ1n) is 6.80. The van der Waals surface area contributed by atoms with E-state index < -0.39 is 0 Å². The Morgan fingerprint density at radius 3 is 2.57 bits per heavy atom. The first kappa shape index (κ1) is 15.5. The van der Waals surface area contributed by atoms with E-state index >= 15 is 0 Å². The Balaban J connectivity index is 2.01. The third kappa shape index (κ3) is 4.31. The molecular formula is C16H19N3OS. The molecule has 0 radical (unpaired) electrons. The summed E-state index contributed by atoms with van der Waals surface area (Å²) in [5.74, 6) is 5.99. The molecular weight excluding hydrogens is 282 g/mol. The predicted octanol–water partition coefficient (Wildman–Crippen LogP) is 3.10. The molecule has 110 valence electrons. The third-order valence-corrected chi connectivity index (χ3v) is 4.15. The molecule has 0 saturated heterocycles. The van der Waals surface area contributed by atoms with Crippen molar-refractivity contribution in [2.45, 2.75) is 30.4 Å². The van der Waals surface area contributed by atoms with Crippen LogP contribution in [0.2, 0.25) is 0 Å². The number of aromatic nitrogens is 1. The zero-order chi connectivity index (χ0) is 15.2. The number of carbonyl (C=O) groups is 1. The quantitative estimate of drug-likeness (QED) is 0.385. The first-order chi connectivity index (χ1) is 10.1. The average molecular weight is 301 g/mol. The summed E-state index contributed by atoms with van der Waals surface area (Å²) in [6, 6.07) is 13.9. The Kier molecular flexibility index (Phi) is 5.36. The summed E-state index contributed by atoms with van der Waals surface area (Å²) >= 11 is 1.70. The highest BCUT2D eigenvalue weighted by Gasteiger charge is 2.06. The summed E-state index contributed by atoms with van der Waals surface area (Å²) in [6.07, 6.45) is 0. The molecule has 5 heteroatoms. The van der Waals surface area contributed by atoms with Crippen molar-refractivity contribution in [2.24, 2.45) is 5.84 Å². The molecule has 0 bridgehead atoms. The number of nitrogens with zero attached hydrogens (tertiary/aromatic N) is 1. The number of nitrogens with one attached hydrogen (secondary N) is 1. The first-order valence-corrected chi connectivity index (χ1v) is 7.78. The Labute approximate surface area is 129 Å². The van der Waals surface area contributed by atoms with Crippen molar-refractivity contribution in [2.75, 3.05) is 0 Å². The minimum atomic E-state index is -0.372. The highest BCUT2D eigenvalue weighted by atomic mass is 32.2. The van der Waals surface area contributed by atoms with E-state index in [0.717, 1.165) is 5.69 Å². The summed E-state index contributed by atoms with van der Waals surface area (Å²) < 4.78 is 0. The fourth-order valence-corrected chi connectivity index (χ4v) is 2.67. The maximum absolute atomic E-state index is 11.4. The van der Waals surface area contributed by atoms with Crippen LogP contribution in [-0.2, 0) is 5.75 Å². The maximum Gasteiger partial charge on any atom is 0.283 e. The van der Waals surface area contributed by atoms with Crippen molar-refractivity contribution >= 4 is 17.7 Å². The number of rotatable bonds is 5. The molecule has 0 atom stereocenters. The molecule has 3 N–H and O–H groups in total. The minimum absolute atomic E-state index is 0.339. The van der Waals surface area contributed by atoms with Crippen molar-refractivity contribution in [3.8, 4) is 0 Å². The number of pyridine rings is 1. The number of hydrazine groups is 1. The Hall–Kier alpha value is -1.85. The Morgan fingerprint density at radius 1 is 1.24 bits per heavy atom. The van der Waals surface area contributed by atoms with E-state index in [4.69, 9.17) is 5.84 Å². The molecule has 1 aromatic heterocycles. The Bertz CT molecular complexity index is 611. The van der Waals surface area contributed by atoms with Crippen molar-refractivity contribution in [1.82, 2.24) is 10.4 Å². The van der Waals surface area contributed by atoms with Gasteiger partial charge < -0.3 is 0 Å². The molecule has 0 unspecified atom stereocenters. The standard InChI is InChI=1S/C16H19N3OS/c1-11(2)12-6-8-14(9-7-12)21-10-13-4-3-5-15(18-13)16(20)19-17/h3-9,11H,10,17H2,1-2H3,(H,19,20). The molecule has 2 aromatic rings. The number of nitrogens with two attached hydrogens (primary N) is 1. The zero-order valence-corrected chi connectivity index (χ0v) is 13.0. The van der Waals surface area contributed by atoms with Crippen molar-refractivity contribution in [3.05, 3.63) is 59.4 Å². The minimum Gasteiger partial charge on any atom is -0.289 e. The molecule has 1 heterocycles. The molecule has 0 saturated carbocycles. The van der Waals surface area contributed by atoms with E-state index in [0.29, 0.717) is 17.4 Å². The van der Waals surface area contributed by atoms with Gasteiger partial charge in [0, 0.05) is 10.6 Å². The molecule has 1 aromatic carbocycles. The summed E-state index contributed by atoms with van der Waals surface area (Å²) in [4.78, 5) is 16.9. The van der Waals surface area contributed by atoms with Crippen LogP contribution in [0.4, 0.5) is 0 Å². The predicted molar refractivity (Wildman–Crippen MR) is 86.0 cm³/mol. The lowest BCUT2D eigenvalue weighted by atomic mass is 10.0. The van der Waals surface area contributed by atoms with Crippen LogP contribution < -0.4 is 11.3 Å². The summed E-state index contributed by atoms with van der Waals surface area (Å²) in [7, 11) is 0. The average Bonchev–Trinajstić information content (AvgIpc) is 2.52. The molecule has 0 fully saturated rings. The van der Waals surface area contributed by atoms with Gasteiger partial charge in [-0.2, -0.15) is 0 Å². The molecule has 0 aliphatic rings. The number of carbonyl (C=O) groups excluding carboxylic acids is 1. The van der Waals surface area contributed by atoms with E-state index in [1.165, 1.54) is 10.5 Å². The second-order valence-electron chi connectivity index (χ2n) is 5.00. The van der Waals surface area contributed by atoms with E-state index in [1.54, 1.807) is 17.8 Å². The molecule has 4 nitrogen and oxygen atoms in total. The molecule has 0 aliphatic heterocycles. The lowest BCUT2D eigenvalue weighted by Gasteiger charge is -2.07. The molecule has 1 amide bonds. The molecule has 2 rings (SSSR count). The van der Waals surface area contributed by atoms with Crippen LogP contribution >= 0.6 is 11.8 Å². The van der Waals surface area contributed by atoms with Gasteiger partial charge in [-0.3, -0.25) is 10.2 Å². The van der Waals surface area contributed by atoms with Gasteiger partial charge in [0.05, 0.1) is 5.69 Å². The van der Waals surface area contributed by atoms with Crippen molar-refractivity contribution in [1.29, 1.82) is 0 Å². The van der Waals surface area contributed by atoms with Crippen LogP contribution in [0.1, 0.15) is 41.5 Å². The maximum atomic E-state index is 11.4. The largest absolute Gasteiger partial charge is 0.289 e. The topological polar surface area (TPSA) is 68.0 Å². The van der Waals surface area contributed by atoms with Gasteiger partial charge in [0.2, 0.25) is 0 Å². The van der Waals surface area contributed by atoms with Gasteiger partial charge >= 0.3 is 0 Å². The zero-order valence-electron chi connectivity index (χ0n) is 12.2. The van der Waals surface area contributed by atoms with E-state index in [9.17, 15) is 4.79 Å². The fraction of sp³-hybridized carbons (Fsp3) is 0.250. The van der Waals surface area contributed by atoms with Crippen LogP contribution in [0.25, 0.3) is 0 Å². The van der Waals surface area contributed by atoms with Crippen LogP contribution in [0.5, 0.6) is 0 Å². The normalized spacial score (nSPS) is 10.7. The molecule has 0 aliphatic carbocycles. The lowest BCUT2D eigenvalue weighted by molar-refractivity contribution is 0.0948. The van der Waals surface area contributed by atoms with Crippen molar-refractivity contribution in [3.63, 3.8) is 0 Å². The second kappa shape index (κ2) is 7.24.